The Kier molecular flexibility index (Phi) is 5.54. The van der Waals surface area contributed by atoms with Crippen LogP contribution in [0.1, 0.15) is 17.2 Å². The quantitative estimate of drug-likeness (QED) is 0.736. The predicted molar refractivity (Wildman–Crippen MR) is 90.5 cm³/mol. The van der Waals surface area contributed by atoms with Crippen molar-refractivity contribution in [3.63, 3.8) is 0 Å². The van der Waals surface area contributed by atoms with Crippen LogP contribution in [0.25, 0.3) is 0 Å². The smallest absolute Gasteiger partial charge is 0.162 e. The molecule has 1 atom stereocenters. The summed E-state index contributed by atoms with van der Waals surface area (Å²) in [7, 11) is 3.08. The molecule has 21 heavy (non-hydrogen) atoms. The Morgan fingerprint density at radius 1 is 1.00 bits per heavy atom. The van der Waals surface area contributed by atoms with Crippen molar-refractivity contribution in [3.8, 4) is 11.5 Å². The number of hydrogen-bond acceptors (Lipinski definition) is 3. The third-order valence-corrected chi connectivity index (χ3v) is 4.59. The molecule has 112 valence electrons. The van der Waals surface area contributed by atoms with Crippen molar-refractivity contribution in [3.05, 3.63) is 55.4 Å². The fourth-order valence-corrected chi connectivity index (χ4v) is 3.07. The first-order valence-electron chi connectivity index (χ1n) is 6.02. The first-order valence-corrected chi connectivity index (χ1v) is 7.98. The number of rotatable bonds is 4. The molecule has 2 aromatic carbocycles. The van der Waals surface area contributed by atoms with Crippen LogP contribution in [0.2, 0.25) is 5.02 Å². The predicted octanol–water partition coefficient (Wildman–Crippen LogP) is 4.96. The second kappa shape index (κ2) is 7.01. The van der Waals surface area contributed by atoms with Crippen molar-refractivity contribution in [1.29, 1.82) is 0 Å². The molecule has 2 rings (SSSR count). The molecular weight excluding hydrogens is 423 g/mol. The minimum atomic E-state index is -0.885. The second-order valence-corrected chi connectivity index (χ2v) is 6.47. The van der Waals surface area contributed by atoms with Crippen molar-refractivity contribution in [2.45, 2.75) is 6.10 Å². The van der Waals surface area contributed by atoms with Crippen LogP contribution in [0.3, 0.4) is 0 Å². The lowest BCUT2D eigenvalue weighted by Crippen LogP contribution is -2.03. The standard InChI is InChI=1S/C15H13Br2ClO3/c1-20-13-6-10(12(18)7-14(13)21-2)15(19)9-5-8(16)3-4-11(9)17/h3-7,15,19H,1-2H3. The Bertz CT molecular complexity index is 662. The zero-order valence-corrected chi connectivity index (χ0v) is 15.3. The normalized spacial score (nSPS) is 12.1. The minimum Gasteiger partial charge on any atom is -0.493 e. The number of benzene rings is 2. The molecule has 0 aliphatic rings. The average Bonchev–Trinajstić information content (AvgIpc) is 2.48. The molecule has 0 heterocycles. The monoisotopic (exact) mass is 434 g/mol. The van der Waals surface area contributed by atoms with Gasteiger partial charge in [0.25, 0.3) is 0 Å². The highest BCUT2D eigenvalue weighted by molar-refractivity contribution is 9.11. The molecule has 0 radical (unpaired) electrons. The molecule has 6 heteroatoms. The molecule has 0 aliphatic carbocycles. The van der Waals surface area contributed by atoms with E-state index in [-0.39, 0.29) is 0 Å². The van der Waals surface area contributed by atoms with E-state index in [0.717, 1.165) is 8.95 Å². The summed E-state index contributed by atoms with van der Waals surface area (Å²) in [6, 6.07) is 8.89. The molecule has 2 aromatic rings. The highest BCUT2D eigenvalue weighted by Crippen LogP contribution is 2.39. The van der Waals surface area contributed by atoms with Gasteiger partial charge in [-0.1, -0.05) is 43.5 Å². The number of hydrogen-bond donors (Lipinski definition) is 1. The number of ether oxygens (including phenoxy) is 2. The van der Waals surface area contributed by atoms with Gasteiger partial charge in [-0.15, -0.1) is 0 Å². The first kappa shape index (κ1) is 16.6. The first-order chi connectivity index (χ1) is 9.97. The van der Waals surface area contributed by atoms with E-state index in [1.807, 2.05) is 18.2 Å². The van der Waals surface area contributed by atoms with Gasteiger partial charge in [0.1, 0.15) is 6.10 Å². The zero-order valence-electron chi connectivity index (χ0n) is 11.4. The molecule has 0 aromatic heterocycles. The van der Waals surface area contributed by atoms with Crippen molar-refractivity contribution in [2.24, 2.45) is 0 Å². The number of methoxy groups -OCH3 is 2. The summed E-state index contributed by atoms with van der Waals surface area (Å²) in [4.78, 5) is 0. The van der Waals surface area contributed by atoms with Gasteiger partial charge in [0.2, 0.25) is 0 Å². The Labute approximate surface area is 145 Å². The van der Waals surface area contributed by atoms with Crippen LogP contribution >= 0.6 is 43.5 Å². The summed E-state index contributed by atoms with van der Waals surface area (Å²) in [6.07, 6.45) is -0.885. The topological polar surface area (TPSA) is 38.7 Å². The lowest BCUT2D eigenvalue weighted by Gasteiger charge is -2.17. The maximum Gasteiger partial charge on any atom is 0.162 e. The van der Waals surface area contributed by atoms with Crippen molar-refractivity contribution in [1.82, 2.24) is 0 Å². The fraction of sp³-hybridized carbons (Fsp3) is 0.200. The van der Waals surface area contributed by atoms with Crippen LogP contribution in [0.15, 0.2) is 39.3 Å². The lowest BCUT2D eigenvalue weighted by molar-refractivity contribution is 0.218. The molecule has 0 aliphatic heterocycles. The molecule has 0 bridgehead atoms. The van der Waals surface area contributed by atoms with Crippen LogP contribution in [-0.2, 0) is 0 Å². The van der Waals surface area contributed by atoms with E-state index in [9.17, 15) is 5.11 Å². The summed E-state index contributed by atoms with van der Waals surface area (Å²) >= 11 is 13.1. The van der Waals surface area contributed by atoms with Gasteiger partial charge in [-0.25, -0.2) is 0 Å². The zero-order chi connectivity index (χ0) is 15.6. The van der Waals surface area contributed by atoms with Gasteiger partial charge in [0.05, 0.1) is 19.2 Å². The van der Waals surface area contributed by atoms with E-state index in [2.05, 4.69) is 31.9 Å². The molecule has 0 fully saturated rings. The molecule has 1 N–H and O–H groups in total. The largest absolute Gasteiger partial charge is 0.493 e. The van der Waals surface area contributed by atoms with Gasteiger partial charge in [-0.3, -0.25) is 0 Å². The third-order valence-electron chi connectivity index (χ3n) is 3.05. The Morgan fingerprint density at radius 2 is 1.62 bits per heavy atom. The van der Waals surface area contributed by atoms with Gasteiger partial charge in [0.15, 0.2) is 11.5 Å². The van der Waals surface area contributed by atoms with Crippen LogP contribution in [0.4, 0.5) is 0 Å². The molecule has 3 nitrogen and oxygen atoms in total. The minimum absolute atomic E-state index is 0.409. The molecule has 1 unspecified atom stereocenters. The number of aliphatic hydroxyl groups excluding tert-OH is 1. The van der Waals surface area contributed by atoms with E-state index in [0.29, 0.717) is 27.6 Å². The van der Waals surface area contributed by atoms with Crippen LogP contribution in [0.5, 0.6) is 11.5 Å². The Hall–Kier alpha value is -0.750. The maximum atomic E-state index is 10.6. The van der Waals surface area contributed by atoms with E-state index in [1.165, 1.54) is 14.2 Å². The summed E-state index contributed by atoms with van der Waals surface area (Å²) in [5.41, 5.74) is 1.26. The summed E-state index contributed by atoms with van der Waals surface area (Å²) < 4.78 is 12.1. The van der Waals surface area contributed by atoms with Gasteiger partial charge >= 0.3 is 0 Å². The second-order valence-electron chi connectivity index (χ2n) is 4.30. The fourth-order valence-electron chi connectivity index (χ4n) is 1.97. The summed E-state index contributed by atoms with van der Waals surface area (Å²) in [5, 5.41) is 11.0. The Balaban J connectivity index is 2.52. The Morgan fingerprint density at radius 3 is 2.24 bits per heavy atom. The average molecular weight is 437 g/mol. The summed E-state index contributed by atoms with van der Waals surface area (Å²) in [5.74, 6) is 1.04. The van der Waals surface area contributed by atoms with Gasteiger partial charge < -0.3 is 14.6 Å². The van der Waals surface area contributed by atoms with Gasteiger partial charge in [-0.05, 0) is 24.3 Å². The molecule has 0 amide bonds. The third kappa shape index (κ3) is 3.54. The van der Waals surface area contributed by atoms with Crippen molar-refractivity contribution >= 4 is 43.5 Å². The molecule has 0 saturated carbocycles. The van der Waals surface area contributed by atoms with Crippen LogP contribution in [0, 0.1) is 0 Å². The SMILES string of the molecule is COc1cc(Cl)c(C(O)c2cc(Br)ccc2Br)cc1OC. The van der Waals surface area contributed by atoms with E-state index in [4.69, 9.17) is 21.1 Å². The van der Waals surface area contributed by atoms with Crippen LogP contribution < -0.4 is 9.47 Å². The van der Waals surface area contributed by atoms with Crippen LogP contribution in [-0.4, -0.2) is 19.3 Å². The van der Waals surface area contributed by atoms with E-state index in [1.54, 1.807) is 12.1 Å². The molecule has 0 spiro atoms. The number of aliphatic hydroxyl groups is 1. The van der Waals surface area contributed by atoms with Gasteiger partial charge in [-0.2, -0.15) is 0 Å². The highest BCUT2D eigenvalue weighted by atomic mass is 79.9. The number of halogens is 3. The molecular formula is C15H13Br2ClO3. The van der Waals surface area contributed by atoms with E-state index < -0.39 is 6.10 Å². The molecule has 0 saturated heterocycles. The highest BCUT2D eigenvalue weighted by Gasteiger charge is 2.20. The van der Waals surface area contributed by atoms with Gasteiger partial charge in [0, 0.05) is 26.1 Å². The summed E-state index contributed by atoms with van der Waals surface area (Å²) in [6.45, 7) is 0. The maximum absolute atomic E-state index is 10.6. The lowest BCUT2D eigenvalue weighted by atomic mass is 10.0. The van der Waals surface area contributed by atoms with Crippen molar-refractivity contribution < 1.29 is 14.6 Å². The van der Waals surface area contributed by atoms with E-state index >= 15 is 0 Å². The van der Waals surface area contributed by atoms with Crippen molar-refractivity contribution in [2.75, 3.05) is 14.2 Å².